The lowest BCUT2D eigenvalue weighted by atomic mass is 10.1. The monoisotopic (exact) mass is 265 g/mol. The van der Waals surface area contributed by atoms with E-state index < -0.39 is 17.9 Å². The smallest absolute Gasteiger partial charge is 0.326 e. The van der Waals surface area contributed by atoms with Gasteiger partial charge in [-0.2, -0.15) is 0 Å². The molecule has 0 fully saturated rings. The molecule has 2 N–H and O–H groups in total. The predicted octanol–water partition coefficient (Wildman–Crippen LogP) is 1.66. The van der Waals surface area contributed by atoms with Crippen LogP contribution in [-0.2, 0) is 9.59 Å². The summed E-state index contributed by atoms with van der Waals surface area (Å²) in [5.74, 6) is -0.837. The van der Waals surface area contributed by atoms with E-state index in [1.165, 1.54) is 0 Å². The molecule has 0 aliphatic carbocycles. The quantitative estimate of drug-likeness (QED) is 0.820. The maximum atomic E-state index is 11.6. The van der Waals surface area contributed by atoms with Gasteiger partial charge < -0.3 is 15.2 Å². The zero-order valence-corrected chi connectivity index (χ0v) is 11.4. The van der Waals surface area contributed by atoms with Crippen LogP contribution < -0.4 is 10.1 Å². The largest absolute Gasteiger partial charge is 0.483 e. The zero-order valence-electron chi connectivity index (χ0n) is 11.4. The minimum Gasteiger partial charge on any atom is -0.483 e. The van der Waals surface area contributed by atoms with Crippen LogP contribution in [0.2, 0.25) is 0 Å². The Balaban J connectivity index is 2.54. The molecule has 1 aromatic rings. The summed E-state index contributed by atoms with van der Waals surface area (Å²) in [5, 5.41) is 11.2. The molecule has 5 nitrogen and oxygen atoms in total. The summed E-state index contributed by atoms with van der Waals surface area (Å²) in [4.78, 5) is 22.4. The Morgan fingerprint density at radius 2 is 2.05 bits per heavy atom. The standard InChI is InChI=1S/C14H19NO4/c1-4-11(14(17)18)15-13(16)8-19-12-7-9(2)5-6-10(12)3/h5-7,11H,4,8H2,1-3H3,(H,15,16)(H,17,18)/t11-/m0/s1. The third-order valence-electron chi connectivity index (χ3n) is 2.74. The molecule has 19 heavy (non-hydrogen) atoms. The lowest BCUT2D eigenvalue weighted by Crippen LogP contribution is -2.42. The van der Waals surface area contributed by atoms with Crippen LogP contribution in [0.4, 0.5) is 0 Å². The number of carboxylic acid groups (broad SMARTS) is 1. The Hall–Kier alpha value is -2.04. The van der Waals surface area contributed by atoms with Gasteiger partial charge >= 0.3 is 5.97 Å². The van der Waals surface area contributed by atoms with Gasteiger partial charge in [-0.3, -0.25) is 4.79 Å². The number of nitrogens with one attached hydrogen (secondary N) is 1. The summed E-state index contributed by atoms with van der Waals surface area (Å²) < 4.78 is 5.40. The van der Waals surface area contributed by atoms with E-state index in [-0.39, 0.29) is 6.61 Å². The van der Waals surface area contributed by atoms with Crippen LogP contribution in [0.25, 0.3) is 0 Å². The molecule has 1 amide bonds. The van der Waals surface area contributed by atoms with E-state index >= 15 is 0 Å². The van der Waals surface area contributed by atoms with Crippen LogP contribution in [-0.4, -0.2) is 29.6 Å². The van der Waals surface area contributed by atoms with Crippen molar-refractivity contribution in [2.45, 2.75) is 33.2 Å². The van der Waals surface area contributed by atoms with Crippen LogP contribution in [0.1, 0.15) is 24.5 Å². The van der Waals surface area contributed by atoms with Gasteiger partial charge in [0.2, 0.25) is 0 Å². The van der Waals surface area contributed by atoms with Crippen LogP contribution in [0, 0.1) is 13.8 Å². The van der Waals surface area contributed by atoms with Crippen molar-refractivity contribution in [3.05, 3.63) is 29.3 Å². The summed E-state index contributed by atoms with van der Waals surface area (Å²) >= 11 is 0. The molecule has 0 saturated heterocycles. The molecule has 0 heterocycles. The Morgan fingerprint density at radius 1 is 1.37 bits per heavy atom. The maximum absolute atomic E-state index is 11.6. The van der Waals surface area contributed by atoms with E-state index in [0.29, 0.717) is 12.2 Å². The van der Waals surface area contributed by atoms with E-state index in [9.17, 15) is 9.59 Å². The number of carbonyl (C=O) groups excluding carboxylic acids is 1. The van der Waals surface area contributed by atoms with Crippen molar-refractivity contribution in [3.63, 3.8) is 0 Å². The number of hydrogen-bond acceptors (Lipinski definition) is 3. The second-order valence-corrected chi connectivity index (χ2v) is 4.42. The van der Waals surface area contributed by atoms with Crippen molar-refractivity contribution in [1.29, 1.82) is 0 Å². The van der Waals surface area contributed by atoms with E-state index in [2.05, 4.69) is 5.32 Å². The molecule has 1 atom stereocenters. The van der Waals surface area contributed by atoms with Crippen LogP contribution >= 0.6 is 0 Å². The highest BCUT2D eigenvalue weighted by Gasteiger charge is 2.17. The van der Waals surface area contributed by atoms with Gasteiger partial charge in [0.25, 0.3) is 5.91 Å². The Bertz CT molecular complexity index is 471. The first kappa shape index (κ1) is 15.0. The van der Waals surface area contributed by atoms with Gasteiger partial charge in [-0.05, 0) is 37.5 Å². The molecule has 0 unspecified atom stereocenters. The molecule has 1 rings (SSSR count). The first-order valence-electron chi connectivity index (χ1n) is 6.16. The van der Waals surface area contributed by atoms with Crippen molar-refractivity contribution in [2.24, 2.45) is 0 Å². The van der Waals surface area contributed by atoms with Crippen molar-refractivity contribution < 1.29 is 19.4 Å². The van der Waals surface area contributed by atoms with Crippen molar-refractivity contribution in [3.8, 4) is 5.75 Å². The third kappa shape index (κ3) is 4.62. The van der Waals surface area contributed by atoms with E-state index in [1.807, 2.05) is 32.0 Å². The summed E-state index contributed by atoms with van der Waals surface area (Å²) in [7, 11) is 0. The van der Waals surface area contributed by atoms with Crippen LogP contribution in [0.3, 0.4) is 0 Å². The maximum Gasteiger partial charge on any atom is 0.326 e. The fourth-order valence-corrected chi connectivity index (χ4v) is 1.58. The van der Waals surface area contributed by atoms with Gasteiger partial charge in [-0.1, -0.05) is 19.1 Å². The number of aliphatic carboxylic acids is 1. The molecule has 0 radical (unpaired) electrons. The summed E-state index contributed by atoms with van der Waals surface area (Å²) in [6, 6.07) is 4.85. The molecule has 0 aliphatic heterocycles. The highest BCUT2D eigenvalue weighted by atomic mass is 16.5. The molecular weight excluding hydrogens is 246 g/mol. The number of aryl methyl sites for hydroxylation is 2. The van der Waals surface area contributed by atoms with Gasteiger partial charge in [0.15, 0.2) is 6.61 Å². The molecule has 104 valence electrons. The average molecular weight is 265 g/mol. The number of ether oxygens (including phenoxy) is 1. The number of benzene rings is 1. The molecular formula is C14H19NO4. The zero-order chi connectivity index (χ0) is 14.4. The molecule has 0 bridgehead atoms. The van der Waals surface area contributed by atoms with Crippen molar-refractivity contribution in [1.82, 2.24) is 5.32 Å². The van der Waals surface area contributed by atoms with E-state index in [4.69, 9.17) is 9.84 Å². The highest BCUT2D eigenvalue weighted by molar-refractivity contribution is 5.84. The van der Waals surface area contributed by atoms with Crippen LogP contribution in [0.5, 0.6) is 5.75 Å². The fourth-order valence-electron chi connectivity index (χ4n) is 1.58. The Kier molecular flexibility index (Phi) is 5.36. The Labute approximate surface area is 112 Å². The summed E-state index contributed by atoms with van der Waals surface area (Å²) in [5.41, 5.74) is 1.97. The van der Waals surface area contributed by atoms with Gasteiger partial charge in [0.1, 0.15) is 11.8 Å². The van der Waals surface area contributed by atoms with Gasteiger partial charge in [-0.15, -0.1) is 0 Å². The normalized spacial score (nSPS) is 11.7. The third-order valence-corrected chi connectivity index (χ3v) is 2.74. The summed E-state index contributed by atoms with van der Waals surface area (Å²) in [6.45, 7) is 5.33. The number of rotatable bonds is 6. The lowest BCUT2D eigenvalue weighted by Gasteiger charge is -2.13. The molecule has 0 spiro atoms. The lowest BCUT2D eigenvalue weighted by molar-refractivity contribution is -0.142. The number of amides is 1. The predicted molar refractivity (Wildman–Crippen MR) is 71.3 cm³/mol. The van der Waals surface area contributed by atoms with Crippen LogP contribution in [0.15, 0.2) is 18.2 Å². The van der Waals surface area contributed by atoms with Crippen molar-refractivity contribution in [2.75, 3.05) is 6.61 Å². The number of carbonyl (C=O) groups is 2. The minimum atomic E-state index is -1.04. The molecule has 1 aromatic carbocycles. The fraction of sp³-hybridized carbons (Fsp3) is 0.429. The minimum absolute atomic E-state index is 0.186. The molecule has 0 aromatic heterocycles. The topological polar surface area (TPSA) is 75.6 Å². The van der Waals surface area contributed by atoms with E-state index in [1.54, 1.807) is 6.92 Å². The SMILES string of the molecule is CC[C@H](NC(=O)COc1cc(C)ccc1C)C(=O)O. The van der Waals surface area contributed by atoms with E-state index in [0.717, 1.165) is 11.1 Å². The summed E-state index contributed by atoms with van der Waals surface area (Å²) in [6.07, 6.45) is 0.338. The van der Waals surface area contributed by atoms with Gasteiger partial charge in [0.05, 0.1) is 0 Å². The molecule has 0 aliphatic rings. The average Bonchev–Trinajstić information content (AvgIpc) is 2.36. The second-order valence-electron chi connectivity index (χ2n) is 4.42. The van der Waals surface area contributed by atoms with Crippen molar-refractivity contribution >= 4 is 11.9 Å². The first-order chi connectivity index (χ1) is 8.93. The van der Waals surface area contributed by atoms with Gasteiger partial charge in [-0.25, -0.2) is 4.79 Å². The molecule has 5 heteroatoms. The number of carboxylic acids is 1. The Morgan fingerprint density at radius 3 is 2.63 bits per heavy atom. The number of hydrogen-bond donors (Lipinski definition) is 2. The second kappa shape index (κ2) is 6.78. The first-order valence-corrected chi connectivity index (χ1v) is 6.16. The highest BCUT2D eigenvalue weighted by Crippen LogP contribution is 2.18. The van der Waals surface area contributed by atoms with Gasteiger partial charge in [0, 0.05) is 0 Å². The molecule has 0 saturated carbocycles.